The number of carbonyl (C=O) groups excluding carboxylic acids is 1. The minimum atomic E-state index is 0.0332. The molecule has 1 N–H and O–H groups in total. The van der Waals surface area contributed by atoms with Crippen LogP contribution in [0.5, 0.6) is 0 Å². The number of thiophene rings is 1. The highest BCUT2D eigenvalue weighted by Gasteiger charge is 2.15. The predicted molar refractivity (Wildman–Crippen MR) is 89.8 cm³/mol. The van der Waals surface area contributed by atoms with E-state index >= 15 is 0 Å². The molecule has 0 aromatic carbocycles. The normalized spacial score (nSPS) is 10.4. The lowest BCUT2D eigenvalue weighted by atomic mass is 10.1. The zero-order chi connectivity index (χ0) is 15.7. The minimum absolute atomic E-state index is 0.0332. The predicted octanol–water partition coefficient (Wildman–Crippen LogP) is 5.18. The van der Waals surface area contributed by atoms with Crippen LogP contribution in [0, 0.1) is 18.3 Å². The molecule has 1 rings (SSSR count). The molecule has 1 aromatic rings. The molecule has 0 fully saturated rings. The van der Waals surface area contributed by atoms with E-state index in [1.54, 1.807) is 0 Å². The van der Waals surface area contributed by atoms with Crippen molar-refractivity contribution in [2.45, 2.75) is 72.1 Å². The molecule has 3 nitrogen and oxygen atoms in total. The smallest absolute Gasteiger partial charge is 0.225 e. The van der Waals surface area contributed by atoms with Crippen molar-refractivity contribution in [3.05, 3.63) is 16.0 Å². The van der Waals surface area contributed by atoms with E-state index in [2.05, 4.69) is 18.3 Å². The Kier molecular flexibility index (Phi) is 8.07. The van der Waals surface area contributed by atoms with E-state index < -0.39 is 0 Å². The number of nitrogens with one attached hydrogen (secondary N) is 1. The van der Waals surface area contributed by atoms with Crippen LogP contribution in [0.25, 0.3) is 0 Å². The maximum Gasteiger partial charge on any atom is 0.225 e. The Bertz CT molecular complexity index is 500. The van der Waals surface area contributed by atoms with Crippen LogP contribution in [-0.2, 0) is 11.2 Å². The molecule has 1 aromatic heterocycles. The Hall–Kier alpha value is -1.34. The average Bonchev–Trinajstić information content (AvgIpc) is 2.77. The van der Waals surface area contributed by atoms with Gasteiger partial charge in [0.1, 0.15) is 11.1 Å². The zero-order valence-corrected chi connectivity index (χ0v) is 14.2. The van der Waals surface area contributed by atoms with Crippen molar-refractivity contribution in [3.8, 4) is 6.07 Å². The topological polar surface area (TPSA) is 52.9 Å². The summed E-state index contributed by atoms with van der Waals surface area (Å²) < 4.78 is 0. The first-order valence-corrected chi connectivity index (χ1v) is 8.77. The molecule has 0 radical (unpaired) electrons. The summed E-state index contributed by atoms with van der Waals surface area (Å²) in [4.78, 5) is 13.1. The summed E-state index contributed by atoms with van der Waals surface area (Å²) in [7, 11) is 0. The monoisotopic (exact) mass is 306 g/mol. The fourth-order valence-corrected chi connectivity index (χ4v) is 3.58. The van der Waals surface area contributed by atoms with Crippen LogP contribution < -0.4 is 5.32 Å². The van der Waals surface area contributed by atoms with Gasteiger partial charge in [-0.15, -0.1) is 11.3 Å². The van der Waals surface area contributed by atoms with Gasteiger partial charge in [-0.25, -0.2) is 0 Å². The van der Waals surface area contributed by atoms with Gasteiger partial charge >= 0.3 is 0 Å². The van der Waals surface area contributed by atoms with E-state index in [0.717, 1.165) is 34.7 Å². The number of hydrogen-bond acceptors (Lipinski definition) is 3. The van der Waals surface area contributed by atoms with Crippen molar-refractivity contribution >= 4 is 22.2 Å². The van der Waals surface area contributed by atoms with Crippen LogP contribution in [0.2, 0.25) is 0 Å². The molecule has 116 valence electrons. The SMILES string of the molecule is CCCCCCCCC(=O)Nc1sc(C)c(CC)c1C#N. The molecular weight excluding hydrogens is 280 g/mol. The second kappa shape index (κ2) is 9.57. The molecule has 0 saturated carbocycles. The maximum atomic E-state index is 12.0. The standard InChI is InChI=1S/C17H26N2OS/c1-4-6-7-8-9-10-11-16(20)19-17-15(12-18)14(5-2)13(3)21-17/h4-11H2,1-3H3,(H,19,20). The molecule has 0 aliphatic heterocycles. The molecule has 0 aliphatic rings. The van der Waals surface area contributed by atoms with E-state index in [4.69, 9.17) is 0 Å². The number of unbranched alkanes of at least 4 members (excludes halogenated alkanes) is 5. The van der Waals surface area contributed by atoms with Crippen LogP contribution in [0.15, 0.2) is 0 Å². The van der Waals surface area contributed by atoms with Gasteiger partial charge in [-0.1, -0.05) is 46.0 Å². The van der Waals surface area contributed by atoms with Crippen molar-refractivity contribution in [2.75, 3.05) is 5.32 Å². The van der Waals surface area contributed by atoms with Gasteiger partial charge in [0.2, 0.25) is 5.91 Å². The van der Waals surface area contributed by atoms with Crippen molar-refractivity contribution in [1.29, 1.82) is 5.26 Å². The minimum Gasteiger partial charge on any atom is -0.317 e. The van der Waals surface area contributed by atoms with Gasteiger partial charge in [0.05, 0.1) is 5.56 Å². The number of carbonyl (C=O) groups is 1. The molecule has 0 spiro atoms. The van der Waals surface area contributed by atoms with Crippen molar-refractivity contribution in [1.82, 2.24) is 0 Å². The number of anilines is 1. The Morgan fingerprint density at radius 3 is 2.48 bits per heavy atom. The van der Waals surface area contributed by atoms with Crippen LogP contribution in [0.4, 0.5) is 5.00 Å². The Morgan fingerprint density at radius 2 is 1.86 bits per heavy atom. The third-order valence-electron chi connectivity index (χ3n) is 3.68. The van der Waals surface area contributed by atoms with Crippen molar-refractivity contribution < 1.29 is 4.79 Å². The Labute approximate surface area is 132 Å². The summed E-state index contributed by atoms with van der Waals surface area (Å²) >= 11 is 1.51. The van der Waals surface area contributed by atoms with E-state index in [9.17, 15) is 10.1 Å². The van der Waals surface area contributed by atoms with E-state index in [0.29, 0.717) is 12.0 Å². The molecular formula is C17H26N2OS. The first-order chi connectivity index (χ1) is 10.1. The van der Waals surface area contributed by atoms with Crippen molar-refractivity contribution in [3.63, 3.8) is 0 Å². The lowest BCUT2D eigenvalue weighted by Gasteiger charge is -2.04. The third-order valence-corrected chi connectivity index (χ3v) is 4.75. The number of hydrogen-bond donors (Lipinski definition) is 1. The van der Waals surface area contributed by atoms with E-state index in [1.807, 2.05) is 13.8 Å². The average molecular weight is 306 g/mol. The summed E-state index contributed by atoms with van der Waals surface area (Å²) in [6, 6.07) is 2.23. The Balaban J connectivity index is 2.43. The summed E-state index contributed by atoms with van der Waals surface area (Å²) in [5, 5.41) is 12.9. The molecule has 0 atom stereocenters. The van der Waals surface area contributed by atoms with Gasteiger partial charge in [-0.2, -0.15) is 5.26 Å². The summed E-state index contributed by atoms with van der Waals surface area (Å²) in [5.74, 6) is 0.0332. The highest BCUT2D eigenvalue weighted by molar-refractivity contribution is 7.16. The van der Waals surface area contributed by atoms with Gasteiger partial charge < -0.3 is 5.32 Å². The number of nitrogens with zero attached hydrogens (tertiary/aromatic N) is 1. The molecule has 21 heavy (non-hydrogen) atoms. The molecule has 0 bridgehead atoms. The largest absolute Gasteiger partial charge is 0.317 e. The first-order valence-electron chi connectivity index (χ1n) is 7.96. The van der Waals surface area contributed by atoms with Crippen LogP contribution in [0.3, 0.4) is 0 Å². The van der Waals surface area contributed by atoms with E-state index in [1.165, 1.54) is 37.0 Å². The number of amides is 1. The van der Waals surface area contributed by atoms with E-state index in [-0.39, 0.29) is 5.91 Å². The highest BCUT2D eigenvalue weighted by Crippen LogP contribution is 2.32. The Morgan fingerprint density at radius 1 is 1.19 bits per heavy atom. The summed E-state index contributed by atoms with van der Waals surface area (Å²) in [6.45, 7) is 6.25. The fraction of sp³-hybridized carbons (Fsp3) is 0.647. The van der Waals surface area contributed by atoms with Gasteiger partial charge in [-0.05, 0) is 25.3 Å². The third kappa shape index (κ3) is 5.51. The lowest BCUT2D eigenvalue weighted by molar-refractivity contribution is -0.116. The molecule has 0 aliphatic carbocycles. The van der Waals surface area contributed by atoms with Crippen LogP contribution in [0.1, 0.15) is 74.8 Å². The van der Waals surface area contributed by atoms with Gasteiger partial charge in [0.15, 0.2) is 0 Å². The fourth-order valence-electron chi connectivity index (χ4n) is 2.47. The number of rotatable bonds is 9. The lowest BCUT2D eigenvalue weighted by Crippen LogP contribution is -2.11. The van der Waals surface area contributed by atoms with Gasteiger partial charge in [0.25, 0.3) is 0 Å². The van der Waals surface area contributed by atoms with Crippen molar-refractivity contribution in [2.24, 2.45) is 0 Å². The summed E-state index contributed by atoms with van der Waals surface area (Å²) in [5.41, 5.74) is 1.72. The molecule has 1 heterocycles. The second-order valence-corrected chi connectivity index (χ2v) is 6.60. The second-order valence-electron chi connectivity index (χ2n) is 5.37. The first kappa shape index (κ1) is 17.7. The molecule has 1 amide bonds. The summed E-state index contributed by atoms with van der Waals surface area (Å²) in [6.07, 6.45) is 8.43. The highest BCUT2D eigenvalue weighted by atomic mass is 32.1. The molecule has 4 heteroatoms. The number of aryl methyl sites for hydroxylation is 1. The molecule has 0 saturated heterocycles. The quantitative estimate of drug-likeness (QED) is 0.639. The number of nitriles is 1. The van der Waals surface area contributed by atoms with Gasteiger partial charge in [0, 0.05) is 11.3 Å². The van der Waals surface area contributed by atoms with Gasteiger partial charge in [-0.3, -0.25) is 4.79 Å². The zero-order valence-electron chi connectivity index (χ0n) is 13.4. The molecule has 0 unspecified atom stereocenters. The van der Waals surface area contributed by atoms with Crippen LogP contribution >= 0.6 is 11.3 Å². The van der Waals surface area contributed by atoms with Crippen LogP contribution in [-0.4, -0.2) is 5.91 Å². The maximum absolute atomic E-state index is 12.0.